The van der Waals surface area contributed by atoms with Crippen LogP contribution in [-0.4, -0.2) is 4.98 Å². The van der Waals surface area contributed by atoms with Crippen molar-refractivity contribution < 1.29 is 4.39 Å². The third kappa shape index (κ3) is 3.17. The molecule has 1 N–H and O–H groups in total. The normalized spacial score (nSPS) is 10.3. The molecule has 0 aliphatic heterocycles. The number of anilines is 1. The van der Waals surface area contributed by atoms with Gasteiger partial charge < -0.3 is 5.32 Å². The second-order valence-electron chi connectivity index (χ2n) is 3.46. The zero-order chi connectivity index (χ0) is 12.3. The van der Waals surface area contributed by atoms with Gasteiger partial charge in [-0.2, -0.15) is 0 Å². The fourth-order valence-electron chi connectivity index (χ4n) is 1.40. The summed E-state index contributed by atoms with van der Waals surface area (Å²) >= 11 is 9.22. The molecule has 1 heterocycles. The maximum atomic E-state index is 13.0. The molecule has 0 aliphatic carbocycles. The summed E-state index contributed by atoms with van der Waals surface area (Å²) in [6.45, 7) is 0.581. The van der Waals surface area contributed by atoms with E-state index >= 15 is 0 Å². The Morgan fingerprint density at radius 2 is 2.24 bits per heavy atom. The predicted octanol–water partition coefficient (Wildman–Crippen LogP) is 4.25. The highest BCUT2D eigenvalue weighted by atomic mass is 79.9. The van der Waals surface area contributed by atoms with E-state index in [1.165, 1.54) is 12.1 Å². The molecule has 88 valence electrons. The van der Waals surface area contributed by atoms with Crippen LogP contribution < -0.4 is 5.32 Å². The molecular formula is C12H9BrClFN2. The lowest BCUT2D eigenvalue weighted by Crippen LogP contribution is -2.01. The highest BCUT2D eigenvalue weighted by Crippen LogP contribution is 2.31. The van der Waals surface area contributed by atoms with E-state index < -0.39 is 0 Å². The van der Waals surface area contributed by atoms with Crippen molar-refractivity contribution in [1.29, 1.82) is 0 Å². The van der Waals surface area contributed by atoms with E-state index in [9.17, 15) is 4.39 Å². The van der Waals surface area contributed by atoms with Crippen LogP contribution in [0.4, 0.5) is 10.1 Å². The number of nitrogens with one attached hydrogen (secondary N) is 1. The van der Waals surface area contributed by atoms with Crippen molar-refractivity contribution in [1.82, 2.24) is 4.98 Å². The zero-order valence-electron chi connectivity index (χ0n) is 8.75. The zero-order valence-corrected chi connectivity index (χ0v) is 11.1. The van der Waals surface area contributed by atoms with Crippen LogP contribution in [0, 0.1) is 5.82 Å². The summed E-state index contributed by atoms with van der Waals surface area (Å²) in [5, 5.41) is 3.49. The molecule has 5 heteroatoms. The number of nitrogens with zero attached hydrogens (tertiary/aromatic N) is 1. The highest BCUT2D eigenvalue weighted by Gasteiger charge is 2.07. The Labute approximate surface area is 112 Å². The minimum absolute atomic E-state index is 0.348. The van der Waals surface area contributed by atoms with Gasteiger partial charge in [0.25, 0.3) is 0 Å². The van der Waals surface area contributed by atoms with Crippen LogP contribution in [0.3, 0.4) is 0 Å². The summed E-state index contributed by atoms with van der Waals surface area (Å²) in [6, 6.07) is 6.46. The van der Waals surface area contributed by atoms with Crippen LogP contribution in [0.25, 0.3) is 0 Å². The Hall–Kier alpha value is -1.13. The summed E-state index contributed by atoms with van der Waals surface area (Å²) < 4.78 is 13.6. The van der Waals surface area contributed by atoms with Gasteiger partial charge in [-0.15, -0.1) is 0 Å². The molecule has 0 atom stereocenters. The number of hydrogen-bond donors (Lipinski definition) is 1. The molecule has 0 radical (unpaired) electrons. The van der Waals surface area contributed by atoms with Crippen molar-refractivity contribution in [2.75, 3.05) is 5.32 Å². The van der Waals surface area contributed by atoms with Crippen LogP contribution in [0.2, 0.25) is 5.02 Å². The smallest absolute Gasteiger partial charge is 0.125 e. The van der Waals surface area contributed by atoms with Gasteiger partial charge in [-0.25, -0.2) is 4.39 Å². The number of rotatable bonds is 3. The fraction of sp³-hybridized carbons (Fsp3) is 0.0833. The summed E-state index contributed by atoms with van der Waals surface area (Å²) in [6.07, 6.45) is 3.47. The van der Waals surface area contributed by atoms with Gasteiger partial charge >= 0.3 is 0 Å². The van der Waals surface area contributed by atoms with E-state index in [4.69, 9.17) is 11.6 Å². The van der Waals surface area contributed by atoms with Gasteiger partial charge in [0.1, 0.15) is 5.82 Å². The lowest BCUT2D eigenvalue weighted by molar-refractivity contribution is 0.627. The molecule has 0 saturated heterocycles. The molecule has 2 nitrogen and oxygen atoms in total. The summed E-state index contributed by atoms with van der Waals surface area (Å²) in [5.41, 5.74) is 1.71. The SMILES string of the molecule is Fc1cc(Cl)c(NCc2cccnc2)c(Br)c1. The van der Waals surface area contributed by atoms with Crippen LogP contribution in [0.15, 0.2) is 41.1 Å². The van der Waals surface area contributed by atoms with Crippen molar-refractivity contribution in [3.8, 4) is 0 Å². The van der Waals surface area contributed by atoms with Crippen molar-refractivity contribution in [2.24, 2.45) is 0 Å². The van der Waals surface area contributed by atoms with E-state index in [0.29, 0.717) is 21.7 Å². The van der Waals surface area contributed by atoms with Gasteiger partial charge in [0, 0.05) is 23.4 Å². The first-order valence-electron chi connectivity index (χ1n) is 4.94. The molecule has 1 aromatic carbocycles. The Morgan fingerprint density at radius 3 is 2.88 bits per heavy atom. The quantitative estimate of drug-likeness (QED) is 0.916. The maximum Gasteiger partial charge on any atom is 0.125 e. The van der Waals surface area contributed by atoms with Gasteiger partial charge in [-0.1, -0.05) is 17.7 Å². The molecule has 0 aliphatic rings. The van der Waals surface area contributed by atoms with E-state index in [-0.39, 0.29) is 5.82 Å². The van der Waals surface area contributed by atoms with Crippen LogP contribution >= 0.6 is 27.5 Å². The number of aromatic nitrogens is 1. The minimum atomic E-state index is -0.367. The molecule has 17 heavy (non-hydrogen) atoms. The molecule has 0 amide bonds. The monoisotopic (exact) mass is 314 g/mol. The lowest BCUT2D eigenvalue weighted by Gasteiger charge is -2.10. The van der Waals surface area contributed by atoms with Crippen molar-refractivity contribution in [3.63, 3.8) is 0 Å². The van der Waals surface area contributed by atoms with Crippen molar-refractivity contribution >= 4 is 33.2 Å². The largest absolute Gasteiger partial charge is 0.379 e. The average molecular weight is 316 g/mol. The molecule has 1 aromatic heterocycles. The molecule has 2 rings (SSSR count). The Morgan fingerprint density at radius 1 is 1.41 bits per heavy atom. The van der Waals surface area contributed by atoms with Gasteiger partial charge in [-0.3, -0.25) is 4.98 Å². The molecular weight excluding hydrogens is 307 g/mol. The second kappa shape index (κ2) is 5.47. The van der Waals surface area contributed by atoms with Gasteiger partial charge in [0.05, 0.1) is 10.7 Å². The Balaban J connectivity index is 2.15. The summed E-state index contributed by atoms with van der Waals surface area (Å²) in [7, 11) is 0. The molecule has 0 saturated carbocycles. The second-order valence-corrected chi connectivity index (χ2v) is 4.72. The van der Waals surface area contributed by atoms with Gasteiger partial charge in [0.15, 0.2) is 0 Å². The summed E-state index contributed by atoms with van der Waals surface area (Å²) in [4.78, 5) is 4.01. The number of benzene rings is 1. The average Bonchev–Trinajstić information content (AvgIpc) is 2.29. The van der Waals surface area contributed by atoms with Crippen LogP contribution in [0.5, 0.6) is 0 Å². The molecule has 0 fully saturated rings. The topological polar surface area (TPSA) is 24.9 Å². The predicted molar refractivity (Wildman–Crippen MR) is 70.7 cm³/mol. The van der Waals surface area contributed by atoms with Crippen molar-refractivity contribution in [2.45, 2.75) is 6.54 Å². The van der Waals surface area contributed by atoms with Crippen molar-refractivity contribution in [3.05, 3.63) is 57.5 Å². The van der Waals surface area contributed by atoms with E-state index in [2.05, 4.69) is 26.2 Å². The molecule has 2 aromatic rings. The third-order valence-electron chi connectivity index (χ3n) is 2.20. The first kappa shape index (κ1) is 12.3. The standard InChI is InChI=1S/C12H9BrClFN2/c13-10-4-9(15)5-11(14)12(10)17-7-8-2-1-3-16-6-8/h1-6,17H,7H2. The molecule has 0 unspecified atom stereocenters. The Bertz CT molecular complexity index is 496. The lowest BCUT2D eigenvalue weighted by atomic mass is 10.2. The molecule has 0 spiro atoms. The van der Waals surface area contributed by atoms with E-state index in [0.717, 1.165) is 5.56 Å². The van der Waals surface area contributed by atoms with Gasteiger partial charge in [-0.05, 0) is 39.7 Å². The summed E-state index contributed by atoms with van der Waals surface area (Å²) in [5.74, 6) is -0.367. The minimum Gasteiger partial charge on any atom is -0.379 e. The van der Waals surface area contributed by atoms with E-state index in [1.807, 2.05) is 12.1 Å². The third-order valence-corrected chi connectivity index (χ3v) is 3.12. The molecule has 0 bridgehead atoms. The maximum absolute atomic E-state index is 13.0. The van der Waals surface area contributed by atoms with E-state index in [1.54, 1.807) is 12.4 Å². The first-order chi connectivity index (χ1) is 8.16. The Kier molecular flexibility index (Phi) is 3.97. The number of hydrogen-bond acceptors (Lipinski definition) is 2. The van der Waals surface area contributed by atoms with Gasteiger partial charge in [0.2, 0.25) is 0 Å². The fourth-order valence-corrected chi connectivity index (χ4v) is 2.36. The highest BCUT2D eigenvalue weighted by molar-refractivity contribution is 9.10. The number of pyridine rings is 1. The van der Waals surface area contributed by atoms with Crippen LogP contribution in [-0.2, 0) is 6.54 Å². The van der Waals surface area contributed by atoms with Crippen LogP contribution in [0.1, 0.15) is 5.56 Å². The first-order valence-corrected chi connectivity index (χ1v) is 6.11. The number of halogens is 3.